The molecule has 4 atom stereocenters. The summed E-state index contributed by atoms with van der Waals surface area (Å²) in [6.45, 7) is 6.76. The first-order valence-corrected chi connectivity index (χ1v) is 38.2. The van der Waals surface area contributed by atoms with Gasteiger partial charge in [0.2, 0.25) is 23.6 Å². The number of β-amino-alcohol motifs (C(OH)–C–C–N with tert-alkyl or cyclic N) is 1. The minimum atomic E-state index is -0.646. The van der Waals surface area contributed by atoms with E-state index < -0.39 is 12.1 Å². The van der Waals surface area contributed by atoms with Crippen molar-refractivity contribution in [2.24, 2.45) is 11.8 Å². The molecule has 5 aliphatic heterocycles. The Morgan fingerprint density at radius 3 is 1.31 bits per heavy atom. The number of aryl methyl sites for hydroxylation is 4. The molecule has 2 unspecified atom stereocenters. The number of carbonyl (C=O) groups excluding carboxylic acids is 4. The van der Waals surface area contributed by atoms with Gasteiger partial charge in [0.1, 0.15) is 49.0 Å². The minimum absolute atomic E-state index is 0. The number of carbonyl (C=O) groups is 4. The third-order valence-electron chi connectivity index (χ3n) is 20.9. The first-order chi connectivity index (χ1) is 50.2. The van der Waals surface area contributed by atoms with Gasteiger partial charge in [-0.25, -0.2) is 0 Å². The van der Waals surface area contributed by atoms with Crippen LogP contribution in [-0.2, 0) is 49.6 Å². The summed E-state index contributed by atoms with van der Waals surface area (Å²) < 4.78 is 16.8. The normalized spacial score (nSPS) is 18.1. The summed E-state index contributed by atoms with van der Waals surface area (Å²) in [5.41, 5.74) is 7.16. The fourth-order valence-electron chi connectivity index (χ4n) is 15.1. The summed E-state index contributed by atoms with van der Waals surface area (Å²) in [4.78, 5) is 69.5. The van der Waals surface area contributed by atoms with Crippen LogP contribution in [0.4, 0.5) is 0 Å². The van der Waals surface area contributed by atoms with Crippen molar-refractivity contribution in [3.05, 3.63) is 217 Å². The van der Waals surface area contributed by atoms with Crippen molar-refractivity contribution in [2.75, 3.05) is 65.6 Å². The van der Waals surface area contributed by atoms with E-state index in [1.807, 2.05) is 82.6 Å². The largest absolute Gasteiger partial charge is 0.490 e. The fourth-order valence-corrected chi connectivity index (χ4v) is 15.1. The molecule has 13 rings (SSSR count). The number of benzene rings is 6. The molecule has 0 bridgehead atoms. The van der Waals surface area contributed by atoms with Gasteiger partial charge in [-0.2, -0.15) is 0 Å². The lowest BCUT2D eigenvalue weighted by molar-refractivity contribution is -0.147. The summed E-state index contributed by atoms with van der Waals surface area (Å²) in [6, 6.07) is 61.2. The quantitative estimate of drug-likeness (QED) is 0.0312. The van der Waals surface area contributed by atoms with Gasteiger partial charge in [-0.05, 0) is 238 Å². The number of amides is 4. The van der Waals surface area contributed by atoms with Gasteiger partial charge in [0.15, 0.2) is 0 Å². The monoisotopic (exact) mass is 1400 g/mol. The Hall–Kier alpha value is -8.54. The maximum Gasteiger partial charge on any atom is 0.243 e. The third-order valence-corrected chi connectivity index (χ3v) is 20.9. The molecule has 5 aliphatic rings. The van der Waals surface area contributed by atoms with Crippen LogP contribution in [0.2, 0.25) is 0 Å². The lowest BCUT2D eigenvalue weighted by atomic mass is 9.92. The topological polar surface area (TPSA) is 191 Å². The Kier molecular flexibility index (Phi) is 31.2. The second-order valence-electron chi connectivity index (χ2n) is 28.5. The number of rotatable bonds is 30. The molecule has 5 fully saturated rings. The standard InChI is InChI=1S/C43H54N4O4.C31H43N3O2.C12H11NO2.CH4/c48-37(32-51-41-24-11-22-39-38(41)21-12-27-44-39)31-46-29-25-35(26-30-46)43(50)47-28-8-7-23-40(47)42(49)45-36(19-9-17-33-13-3-1-4-14-33)20-10-18-34-15-5-2-6-16-34;35-30(29-19-7-8-24-34(29)31(36)27-20-22-32-23-21-27)33-28(17-9-15-25-11-3-1-4-12-25)18-10-16-26-13-5-2-6-14-26;1-4-11-10(3-2-6-13-11)12(5-1)15-8-9-7-14-9;/h1-6,11-16,21-22,24,27,35-37,40,48H,7-10,17-20,23,25-26,28-32H2,(H,45,49);1-6,11-14,27-29,32H,7-10,15-24H2,(H,33,35);1-6,9H,7-8H2;1H4/t37-,40?;;9-;/m1.1./s1. The molecular weight excluding hydrogens is 1290 g/mol. The van der Waals surface area contributed by atoms with Crippen molar-refractivity contribution in [3.63, 3.8) is 0 Å². The molecule has 0 spiro atoms. The zero-order valence-electron chi connectivity index (χ0n) is 59.8. The number of aliphatic hydroxyl groups excluding tert-OH is 1. The fraction of sp³-hybridized carbons (Fsp3) is 0.471. The number of hydrogen-bond donors (Lipinski definition) is 4. The van der Waals surface area contributed by atoms with Crippen LogP contribution in [0.3, 0.4) is 0 Å². The smallest absolute Gasteiger partial charge is 0.243 e. The zero-order valence-corrected chi connectivity index (χ0v) is 59.8. The first kappa shape index (κ1) is 77.1. The second kappa shape index (κ2) is 41.7. The molecule has 4 N–H and O–H groups in total. The molecule has 2 aromatic heterocycles. The zero-order chi connectivity index (χ0) is 70.3. The highest BCUT2D eigenvalue weighted by atomic mass is 16.6. The van der Waals surface area contributed by atoms with Crippen LogP contribution in [0.25, 0.3) is 21.8 Å². The van der Waals surface area contributed by atoms with Gasteiger partial charge >= 0.3 is 0 Å². The summed E-state index contributed by atoms with van der Waals surface area (Å²) >= 11 is 0. The SMILES string of the molecule is C.O=C(NC(CCCc1ccccc1)CCCc1ccccc1)C1CCCCN1C(=O)C1CCN(C[C@@H](O)COc2cccc3ncccc23)CC1.O=C(NC(CCCc1ccccc1)CCCc1ccccc1)C1CCCCN1C(=O)C1CCNCC1.c1cc(OC[C@H]2CO2)c2cccnc2c1. The Bertz CT molecular complexity index is 3700. The highest BCUT2D eigenvalue weighted by Crippen LogP contribution is 2.30. The van der Waals surface area contributed by atoms with Gasteiger partial charge < -0.3 is 50.0 Å². The van der Waals surface area contributed by atoms with Crippen molar-refractivity contribution >= 4 is 45.4 Å². The van der Waals surface area contributed by atoms with Crippen LogP contribution in [-0.4, -0.2) is 155 Å². The highest BCUT2D eigenvalue weighted by Gasteiger charge is 2.39. The number of epoxide rings is 1. The second-order valence-corrected chi connectivity index (χ2v) is 28.5. The van der Waals surface area contributed by atoms with Crippen molar-refractivity contribution in [1.29, 1.82) is 0 Å². The van der Waals surface area contributed by atoms with E-state index in [-0.39, 0.29) is 73.7 Å². The molecule has 16 nitrogen and oxygen atoms in total. The summed E-state index contributed by atoms with van der Waals surface area (Å²) in [5, 5.41) is 23.0. The van der Waals surface area contributed by atoms with E-state index in [4.69, 9.17) is 14.2 Å². The van der Waals surface area contributed by atoms with Gasteiger partial charge in [0.05, 0.1) is 17.6 Å². The molecule has 6 aromatic carbocycles. The van der Waals surface area contributed by atoms with Crippen LogP contribution in [0.1, 0.15) is 145 Å². The van der Waals surface area contributed by atoms with Crippen LogP contribution < -0.4 is 25.4 Å². The van der Waals surface area contributed by atoms with E-state index in [1.54, 1.807) is 12.4 Å². The molecule has 5 saturated heterocycles. The molecule has 0 radical (unpaired) electrons. The van der Waals surface area contributed by atoms with Gasteiger partial charge in [0.25, 0.3) is 0 Å². The Morgan fingerprint density at radius 1 is 0.485 bits per heavy atom. The molecule has 8 aromatic rings. The van der Waals surface area contributed by atoms with E-state index in [0.717, 1.165) is 207 Å². The number of hydrogen-bond acceptors (Lipinski definition) is 12. The Morgan fingerprint density at radius 2 is 0.893 bits per heavy atom. The minimum Gasteiger partial charge on any atom is -0.490 e. The number of nitrogens with one attached hydrogen (secondary N) is 3. The van der Waals surface area contributed by atoms with E-state index in [2.05, 4.69) is 140 Å². The number of ether oxygens (including phenoxy) is 3. The van der Waals surface area contributed by atoms with Crippen LogP contribution in [0.15, 0.2) is 194 Å². The number of aromatic nitrogens is 2. The van der Waals surface area contributed by atoms with E-state index in [0.29, 0.717) is 26.2 Å². The number of nitrogens with zero attached hydrogens (tertiary/aromatic N) is 5. The molecule has 548 valence electrons. The predicted molar refractivity (Wildman–Crippen MR) is 412 cm³/mol. The number of fused-ring (bicyclic) bond motifs is 2. The van der Waals surface area contributed by atoms with E-state index >= 15 is 0 Å². The molecular formula is C87H112N8O8. The summed E-state index contributed by atoms with van der Waals surface area (Å²) in [5.74, 6) is 1.95. The van der Waals surface area contributed by atoms with Crippen molar-refractivity contribution in [2.45, 2.75) is 185 Å². The van der Waals surface area contributed by atoms with Gasteiger partial charge in [0, 0.05) is 66.7 Å². The molecule has 0 aliphatic carbocycles. The van der Waals surface area contributed by atoms with E-state index in [1.165, 1.54) is 22.3 Å². The van der Waals surface area contributed by atoms with E-state index in [9.17, 15) is 24.3 Å². The molecule has 103 heavy (non-hydrogen) atoms. The van der Waals surface area contributed by atoms with Gasteiger partial charge in [-0.15, -0.1) is 0 Å². The summed E-state index contributed by atoms with van der Waals surface area (Å²) in [7, 11) is 0. The lowest BCUT2D eigenvalue weighted by Gasteiger charge is -2.40. The number of piperidine rings is 4. The Balaban J connectivity index is 0.000000189. The molecule has 16 heteroatoms. The molecule has 4 amide bonds. The number of pyridine rings is 2. The summed E-state index contributed by atoms with van der Waals surface area (Å²) in [6.07, 6.45) is 23.7. The highest BCUT2D eigenvalue weighted by molar-refractivity contribution is 5.90. The van der Waals surface area contributed by atoms with Crippen LogP contribution >= 0.6 is 0 Å². The van der Waals surface area contributed by atoms with Crippen molar-refractivity contribution in [3.8, 4) is 11.5 Å². The van der Waals surface area contributed by atoms with Crippen LogP contribution in [0.5, 0.6) is 11.5 Å². The number of likely N-dealkylation sites (tertiary alicyclic amines) is 3. The predicted octanol–water partition coefficient (Wildman–Crippen LogP) is 14.1. The van der Waals surface area contributed by atoms with Crippen molar-refractivity contribution in [1.82, 2.24) is 40.6 Å². The van der Waals surface area contributed by atoms with Crippen LogP contribution in [0, 0.1) is 11.8 Å². The lowest BCUT2D eigenvalue weighted by Crippen LogP contribution is -2.56. The maximum absolute atomic E-state index is 14.0. The van der Waals surface area contributed by atoms with Crippen molar-refractivity contribution < 1.29 is 38.5 Å². The maximum atomic E-state index is 14.0. The van der Waals surface area contributed by atoms with Gasteiger partial charge in [-0.3, -0.25) is 29.1 Å². The number of aliphatic hydroxyl groups is 1. The average molecular weight is 1400 g/mol. The average Bonchev–Trinajstić information content (AvgIpc) is 1.84. The first-order valence-electron chi connectivity index (χ1n) is 38.2. The molecule has 0 saturated carbocycles. The molecule has 7 heterocycles. The van der Waals surface area contributed by atoms with Gasteiger partial charge in [-0.1, -0.05) is 141 Å². The third kappa shape index (κ3) is 24.5. The Labute approximate surface area is 612 Å².